The van der Waals surface area contributed by atoms with Gasteiger partial charge in [0.15, 0.2) is 0 Å². The molecule has 1 heterocycles. The number of para-hydroxylation sites is 1. The molecule has 0 spiro atoms. The van der Waals surface area contributed by atoms with Gasteiger partial charge >= 0.3 is 5.97 Å². The van der Waals surface area contributed by atoms with Crippen LogP contribution in [0.15, 0.2) is 48.5 Å². The van der Waals surface area contributed by atoms with Crippen LogP contribution in [-0.4, -0.2) is 40.9 Å². The van der Waals surface area contributed by atoms with Gasteiger partial charge in [0.25, 0.3) is 11.8 Å². The molecule has 0 radical (unpaired) electrons. The molecule has 28 heavy (non-hydrogen) atoms. The number of carbonyl (C=O) groups excluding carboxylic acids is 2. The van der Waals surface area contributed by atoms with Gasteiger partial charge < -0.3 is 20.5 Å². The molecule has 3 N–H and O–H groups in total. The van der Waals surface area contributed by atoms with Crippen molar-refractivity contribution < 1.29 is 24.2 Å². The number of carboxylic acid groups (broad SMARTS) is 1. The van der Waals surface area contributed by atoms with E-state index in [0.29, 0.717) is 29.8 Å². The van der Waals surface area contributed by atoms with Gasteiger partial charge in [0.2, 0.25) is 0 Å². The highest BCUT2D eigenvalue weighted by atomic mass is 16.5. The number of aliphatic carboxylic acids is 1. The number of benzene rings is 2. The van der Waals surface area contributed by atoms with Gasteiger partial charge in [-0.05, 0) is 43.2 Å². The number of hydrogen-bond acceptors (Lipinski definition) is 4. The van der Waals surface area contributed by atoms with Crippen molar-refractivity contribution in [3.63, 3.8) is 0 Å². The highest BCUT2D eigenvalue weighted by Gasteiger charge is 2.42. The minimum absolute atomic E-state index is 0.165. The summed E-state index contributed by atoms with van der Waals surface area (Å²) in [5, 5.41) is 9.34. The largest absolute Gasteiger partial charge is 0.488 e. The van der Waals surface area contributed by atoms with Crippen LogP contribution in [0.3, 0.4) is 0 Å². The van der Waals surface area contributed by atoms with Crippen LogP contribution in [0.5, 0.6) is 5.75 Å². The van der Waals surface area contributed by atoms with E-state index >= 15 is 0 Å². The quantitative estimate of drug-likeness (QED) is 0.797. The van der Waals surface area contributed by atoms with Crippen molar-refractivity contribution in [2.75, 3.05) is 13.1 Å². The van der Waals surface area contributed by atoms with Gasteiger partial charge in [-0.3, -0.25) is 14.4 Å². The van der Waals surface area contributed by atoms with E-state index in [-0.39, 0.29) is 19.1 Å². The Morgan fingerprint density at radius 3 is 2.61 bits per heavy atom. The first-order valence-electron chi connectivity index (χ1n) is 8.93. The molecule has 1 aliphatic rings. The van der Waals surface area contributed by atoms with E-state index in [1.54, 1.807) is 54.3 Å². The number of carboxylic acids is 1. The molecule has 1 fully saturated rings. The van der Waals surface area contributed by atoms with Gasteiger partial charge in [-0.15, -0.1) is 0 Å². The lowest BCUT2D eigenvalue weighted by Gasteiger charge is -2.20. The fraction of sp³-hybridized carbons (Fsp3) is 0.286. The molecule has 1 unspecified atom stereocenters. The first-order valence-corrected chi connectivity index (χ1v) is 8.93. The van der Waals surface area contributed by atoms with Crippen molar-refractivity contribution in [2.45, 2.75) is 20.0 Å². The Bertz CT molecular complexity index is 927. The van der Waals surface area contributed by atoms with E-state index in [4.69, 9.17) is 10.5 Å². The topological polar surface area (TPSA) is 110 Å². The van der Waals surface area contributed by atoms with E-state index in [1.165, 1.54) is 0 Å². The minimum Gasteiger partial charge on any atom is -0.488 e. The molecule has 0 aromatic heterocycles. The summed E-state index contributed by atoms with van der Waals surface area (Å²) in [5.41, 5.74) is 5.96. The second-order valence-electron chi connectivity index (χ2n) is 7.19. The summed E-state index contributed by atoms with van der Waals surface area (Å²) in [6.07, 6.45) is 0.431. The Hall–Kier alpha value is -3.35. The smallest absolute Gasteiger partial charge is 0.311 e. The van der Waals surface area contributed by atoms with Gasteiger partial charge in [-0.25, -0.2) is 0 Å². The zero-order valence-corrected chi connectivity index (χ0v) is 15.6. The van der Waals surface area contributed by atoms with E-state index < -0.39 is 17.3 Å². The standard InChI is InChI=1S/C21H22N2O5/c1-21(20(26)27)9-10-23(13-21)19(25)15-6-4-5-14(11-15)12-28-17-8-3-2-7-16(17)18(22)24/h2-8,11H,9-10,12-13H2,1H3,(H2,22,24)(H,26,27). The summed E-state index contributed by atoms with van der Waals surface area (Å²) in [7, 11) is 0. The Balaban J connectivity index is 1.70. The molecule has 2 amide bonds. The second-order valence-corrected chi connectivity index (χ2v) is 7.19. The molecule has 7 heteroatoms. The van der Waals surface area contributed by atoms with Crippen LogP contribution in [0.2, 0.25) is 0 Å². The monoisotopic (exact) mass is 382 g/mol. The number of nitrogens with zero attached hydrogens (tertiary/aromatic N) is 1. The predicted molar refractivity (Wildman–Crippen MR) is 102 cm³/mol. The van der Waals surface area contributed by atoms with Gasteiger partial charge in [0, 0.05) is 18.7 Å². The number of amides is 2. The molecule has 1 saturated heterocycles. The molecule has 0 bridgehead atoms. The Morgan fingerprint density at radius 2 is 1.93 bits per heavy atom. The number of hydrogen-bond donors (Lipinski definition) is 2. The number of carbonyl (C=O) groups is 3. The summed E-state index contributed by atoms with van der Waals surface area (Å²) < 4.78 is 5.71. The molecular formula is C21H22N2O5. The average Bonchev–Trinajstić information content (AvgIpc) is 3.10. The summed E-state index contributed by atoms with van der Waals surface area (Å²) in [4.78, 5) is 37.2. The van der Waals surface area contributed by atoms with Crippen LogP contribution in [-0.2, 0) is 11.4 Å². The third-order valence-electron chi connectivity index (χ3n) is 5.00. The van der Waals surface area contributed by atoms with E-state index in [9.17, 15) is 19.5 Å². The molecule has 2 aromatic rings. The first kappa shape index (κ1) is 19.4. The molecule has 146 valence electrons. The number of nitrogens with two attached hydrogens (primary N) is 1. The fourth-order valence-electron chi connectivity index (χ4n) is 3.24. The van der Waals surface area contributed by atoms with E-state index in [2.05, 4.69) is 0 Å². The number of primary amides is 1. The van der Waals surface area contributed by atoms with Crippen LogP contribution >= 0.6 is 0 Å². The maximum absolute atomic E-state index is 12.8. The van der Waals surface area contributed by atoms with Crippen LogP contribution < -0.4 is 10.5 Å². The van der Waals surface area contributed by atoms with Crippen LogP contribution in [0.25, 0.3) is 0 Å². The second kappa shape index (κ2) is 7.72. The van der Waals surface area contributed by atoms with Gasteiger partial charge in [-0.2, -0.15) is 0 Å². The van der Waals surface area contributed by atoms with E-state index in [1.807, 2.05) is 6.07 Å². The molecule has 1 aliphatic heterocycles. The minimum atomic E-state index is -0.908. The highest BCUT2D eigenvalue weighted by Crippen LogP contribution is 2.31. The van der Waals surface area contributed by atoms with E-state index in [0.717, 1.165) is 5.56 Å². The normalized spacial score (nSPS) is 18.7. The Morgan fingerprint density at radius 1 is 1.18 bits per heavy atom. The van der Waals surface area contributed by atoms with Crippen molar-refractivity contribution in [3.8, 4) is 5.75 Å². The van der Waals surface area contributed by atoms with Crippen LogP contribution in [0.1, 0.15) is 39.6 Å². The lowest BCUT2D eigenvalue weighted by atomic mass is 9.90. The average molecular weight is 382 g/mol. The zero-order chi connectivity index (χ0) is 20.3. The van der Waals surface area contributed by atoms with Crippen molar-refractivity contribution >= 4 is 17.8 Å². The molecular weight excluding hydrogens is 360 g/mol. The first-order chi connectivity index (χ1) is 13.3. The maximum atomic E-state index is 12.8. The van der Waals surface area contributed by atoms with Crippen molar-refractivity contribution in [2.24, 2.45) is 11.1 Å². The molecule has 3 rings (SSSR count). The van der Waals surface area contributed by atoms with Gasteiger partial charge in [-0.1, -0.05) is 24.3 Å². The Labute approximate surface area is 162 Å². The third kappa shape index (κ3) is 3.98. The van der Waals surface area contributed by atoms with Crippen LogP contribution in [0.4, 0.5) is 0 Å². The fourth-order valence-corrected chi connectivity index (χ4v) is 3.24. The Kier molecular flexibility index (Phi) is 5.35. The number of likely N-dealkylation sites (tertiary alicyclic amines) is 1. The summed E-state index contributed by atoms with van der Waals surface area (Å²) in [6, 6.07) is 13.7. The van der Waals surface area contributed by atoms with Crippen molar-refractivity contribution in [3.05, 3.63) is 65.2 Å². The van der Waals surface area contributed by atoms with Crippen LogP contribution in [0, 0.1) is 5.41 Å². The number of ether oxygens (including phenoxy) is 1. The van der Waals surface area contributed by atoms with Gasteiger partial charge in [0.05, 0.1) is 11.0 Å². The summed E-state index contributed by atoms with van der Waals surface area (Å²) >= 11 is 0. The summed E-state index contributed by atoms with van der Waals surface area (Å²) in [5.74, 6) is -1.29. The molecule has 7 nitrogen and oxygen atoms in total. The van der Waals surface area contributed by atoms with Gasteiger partial charge in [0.1, 0.15) is 12.4 Å². The SMILES string of the molecule is CC1(C(=O)O)CCN(C(=O)c2cccc(COc3ccccc3C(N)=O)c2)C1. The predicted octanol–water partition coefficient (Wildman–Crippen LogP) is 2.30. The van der Waals surface area contributed by atoms with Crippen molar-refractivity contribution in [1.29, 1.82) is 0 Å². The molecule has 0 aliphatic carbocycles. The lowest BCUT2D eigenvalue weighted by Crippen LogP contribution is -2.34. The zero-order valence-electron chi connectivity index (χ0n) is 15.6. The molecule has 0 saturated carbocycles. The number of rotatable bonds is 6. The maximum Gasteiger partial charge on any atom is 0.311 e. The highest BCUT2D eigenvalue weighted by molar-refractivity contribution is 5.96. The molecule has 2 aromatic carbocycles. The molecule has 1 atom stereocenters. The summed E-state index contributed by atoms with van der Waals surface area (Å²) in [6.45, 7) is 2.42. The lowest BCUT2D eigenvalue weighted by molar-refractivity contribution is -0.147. The van der Waals surface area contributed by atoms with Crippen molar-refractivity contribution in [1.82, 2.24) is 4.90 Å². The third-order valence-corrected chi connectivity index (χ3v) is 5.00.